The molecule has 0 saturated carbocycles. The number of benzene rings is 1. The Morgan fingerprint density at radius 1 is 1.13 bits per heavy atom. The molecule has 1 unspecified atom stereocenters. The van der Waals surface area contributed by atoms with Crippen LogP contribution in [0.4, 0.5) is 0 Å². The van der Waals surface area contributed by atoms with Gasteiger partial charge in [0.15, 0.2) is 12.4 Å². The summed E-state index contributed by atoms with van der Waals surface area (Å²) in [6.07, 6.45) is -3.77. The van der Waals surface area contributed by atoms with Crippen molar-refractivity contribution in [2.75, 3.05) is 6.61 Å². The Hall–Kier alpha value is -1.96. The Morgan fingerprint density at radius 3 is 2.43 bits per heavy atom. The first-order valence-corrected chi connectivity index (χ1v) is 7.27. The highest BCUT2D eigenvalue weighted by atomic mass is 16.7. The third-order valence-electron chi connectivity index (χ3n) is 3.32. The first-order chi connectivity index (χ1) is 11.0. The second-order valence-electron chi connectivity index (χ2n) is 5.20. The molecule has 0 amide bonds. The van der Waals surface area contributed by atoms with Gasteiger partial charge in [-0.3, -0.25) is 9.59 Å². The van der Waals surface area contributed by atoms with Gasteiger partial charge in [0.25, 0.3) is 0 Å². The quantitative estimate of drug-likeness (QED) is 0.773. The minimum absolute atomic E-state index is 0.0936. The summed E-state index contributed by atoms with van der Waals surface area (Å²) in [5.74, 6) is -1.03. The fourth-order valence-electron chi connectivity index (χ4n) is 2.33. The van der Waals surface area contributed by atoms with Gasteiger partial charge in [0.05, 0.1) is 6.61 Å². The van der Waals surface area contributed by atoms with E-state index in [-0.39, 0.29) is 13.2 Å². The molecule has 0 aliphatic carbocycles. The molecule has 1 saturated heterocycles. The van der Waals surface area contributed by atoms with Gasteiger partial charge in [-0.2, -0.15) is 0 Å². The summed E-state index contributed by atoms with van der Waals surface area (Å²) in [6.45, 7) is 2.66. The zero-order valence-electron chi connectivity index (χ0n) is 13.0. The lowest BCUT2D eigenvalue weighted by Crippen LogP contribution is -2.40. The largest absolute Gasteiger partial charge is 0.463 e. The summed E-state index contributed by atoms with van der Waals surface area (Å²) in [4.78, 5) is 22.2. The number of aliphatic hydroxyl groups is 1. The minimum Gasteiger partial charge on any atom is -0.463 e. The van der Waals surface area contributed by atoms with Gasteiger partial charge in [-0.05, 0) is 5.56 Å². The maximum Gasteiger partial charge on any atom is 0.303 e. The SMILES string of the molecule is CC(=O)OC[C@@H]1OC(O)[C@@H](OC(C)=O)[C@H]1OCc1ccccc1. The average Bonchev–Trinajstić information content (AvgIpc) is 2.79. The Morgan fingerprint density at radius 2 is 1.83 bits per heavy atom. The molecule has 4 atom stereocenters. The van der Waals surface area contributed by atoms with E-state index in [2.05, 4.69) is 0 Å². The van der Waals surface area contributed by atoms with Crippen LogP contribution in [0.15, 0.2) is 30.3 Å². The van der Waals surface area contributed by atoms with Crippen LogP contribution in [-0.4, -0.2) is 48.3 Å². The molecule has 7 heteroatoms. The van der Waals surface area contributed by atoms with Crippen LogP contribution in [-0.2, 0) is 35.1 Å². The molecule has 0 aromatic heterocycles. The Kier molecular flexibility index (Phi) is 6.09. The molecule has 2 rings (SSSR count). The first-order valence-electron chi connectivity index (χ1n) is 7.27. The van der Waals surface area contributed by atoms with Gasteiger partial charge in [-0.25, -0.2) is 0 Å². The molecule has 23 heavy (non-hydrogen) atoms. The Balaban J connectivity index is 2.05. The van der Waals surface area contributed by atoms with Gasteiger partial charge in [-0.15, -0.1) is 0 Å². The number of rotatable bonds is 6. The summed E-state index contributed by atoms with van der Waals surface area (Å²) < 4.78 is 21.1. The van der Waals surface area contributed by atoms with Gasteiger partial charge in [-0.1, -0.05) is 30.3 Å². The fourth-order valence-corrected chi connectivity index (χ4v) is 2.33. The smallest absolute Gasteiger partial charge is 0.303 e. The summed E-state index contributed by atoms with van der Waals surface area (Å²) in [5, 5.41) is 9.92. The number of carbonyl (C=O) groups is 2. The molecular weight excluding hydrogens is 304 g/mol. The van der Waals surface area contributed by atoms with Gasteiger partial charge in [0.1, 0.15) is 18.8 Å². The van der Waals surface area contributed by atoms with E-state index in [1.807, 2.05) is 30.3 Å². The molecule has 1 aliphatic rings. The van der Waals surface area contributed by atoms with Crippen molar-refractivity contribution < 1.29 is 33.6 Å². The van der Waals surface area contributed by atoms with E-state index in [1.54, 1.807) is 0 Å². The highest BCUT2D eigenvalue weighted by Gasteiger charge is 2.47. The highest BCUT2D eigenvalue weighted by molar-refractivity contribution is 5.66. The van der Waals surface area contributed by atoms with Crippen LogP contribution in [0.5, 0.6) is 0 Å². The highest BCUT2D eigenvalue weighted by Crippen LogP contribution is 2.27. The second-order valence-corrected chi connectivity index (χ2v) is 5.20. The van der Waals surface area contributed by atoms with Crippen molar-refractivity contribution >= 4 is 11.9 Å². The molecule has 1 aliphatic heterocycles. The molecule has 1 aromatic rings. The van der Waals surface area contributed by atoms with Crippen LogP contribution in [0, 0.1) is 0 Å². The van der Waals surface area contributed by atoms with E-state index < -0.39 is 36.5 Å². The summed E-state index contributed by atoms with van der Waals surface area (Å²) in [7, 11) is 0. The van der Waals surface area contributed by atoms with Crippen molar-refractivity contribution in [3.05, 3.63) is 35.9 Å². The monoisotopic (exact) mass is 324 g/mol. The molecule has 0 spiro atoms. The maximum atomic E-state index is 11.2. The van der Waals surface area contributed by atoms with Gasteiger partial charge in [0, 0.05) is 13.8 Å². The normalized spacial score (nSPS) is 26.7. The van der Waals surface area contributed by atoms with Crippen LogP contribution in [0.3, 0.4) is 0 Å². The van der Waals surface area contributed by atoms with Crippen LogP contribution in [0.2, 0.25) is 0 Å². The minimum atomic E-state index is -1.33. The second kappa shape index (κ2) is 8.05. The molecular formula is C16H20O7. The molecule has 1 heterocycles. The van der Waals surface area contributed by atoms with E-state index in [1.165, 1.54) is 13.8 Å². The van der Waals surface area contributed by atoms with Gasteiger partial charge >= 0.3 is 11.9 Å². The summed E-state index contributed by atoms with van der Waals surface area (Å²) >= 11 is 0. The van der Waals surface area contributed by atoms with E-state index in [0.717, 1.165) is 5.56 Å². The molecule has 0 bridgehead atoms. The molecule has 126 valence electrons. The summed E-state index contributed by atoms with van der Waals surface area (Å²) in [5.41, 5.74) is 0.918. The Labute approximate surface area is 134 Å². The Bertz CT molecular complexity index is 530. The van der Waals surface area contributed by atoms with Crippen molar-refractivity contribution in [3.63, 3.8) is 0 Å². The number of carbonyl (C=O) groups excluding carboxylic acids is 2. The standard InChI is InChI=1S/C16H20O7/c1-10(17)20-9-13-14(15(16(19)23-13)22-11(2)18)21-8-12-6-4-3-5-7-12/h3-7,13-16,19H,8-9H2,1-2H3/t13-,14-,15-,16?/m0/s1. The number of hydrogen-bond donors (Lipinski definition) is 1. The lowest BCUT2D eigenvalue weighted by atomic mass is 10.1. The van der Waals surface area contributed by atoms with Crippen LogP contribution in [0.1, 0.15) is 19.4 Å². The molecule has 1 fully saturated rings. The molecule has 1 aromatic carbocycles. The van der Waals surface area contributed by atoms with Crippen molar-refractivity contribution in [2.24, 2.45) is 0 Å². The zero-order chi connectivity index (χ0) is 16.8. The number of hydrogen-bond acceptors (Lipinski definition) is 7. The van der Waals surface area contributed by atoms with Crippen molar-refractivity contribution in [1.82, 2.24) is 0 Å². The van der Waals surface area contributed by atoms with Crippen LogP contribution >= 0.6 is 0 Å². The lowest BCUT2D eigenvalue weighted by Gasteiger charge is -2.23. The van der Waals surface area contributed by atoms with Crippen molar-refractivity contribution in [1.29, 1.82) is 0 Å². The number of ether oxygens (including phenoxy) is 4. The third-order valence-corrected chi connectivity index (χ3v) is 3.32. The number of esters is 2. The topological polar surface area (TPSA) is 91.3 Å². The molecule has 0 radical (unpaired) electrons. The van der Waals surface area contributed by atoms with E-state index in [0.29, 0.717) is 0 Å². The van der Waals surface area contributed by atoms with Crippen LogP contribution in [0.25, 0.3) is 0 Å². The summed E-state index contributed by atoms with van der Waals surface area (Å²) in [6, 6.07) is 9.40. The predicted molar refractivity (Wildman–Crippen MR) is 78.1 cm³/mol. The van der Waals surface area contributed by atoms with Crippen molar-refractivity contribution in [2.45, 2.75) is 45.1 Å². The van der Waals surface area contributed by atoms with Crippen molar-refractivity contribution in [3.8, 4) is 0 Å². The van der Waals surface area contributed by atoms with Gasteiger partial charge in [0.2, 0.25) is 0 Å². The van der Waals surface area contributed by atoms with E-state index >= 15 is 0 Å². The fraction of sp³-hybridized carbons (Fsp3) is 0.500. The maximum absolute atomic E-state index is 11.2. The number of aliphatic hydroxyl groups excluding tert-OH is 1. The van der Waals surface area contributed by atoms with Gasteiger partial charge < -0.3 is 24.1 Å². The third kappa shape index (κ3) is 5.02. The first kappa shape index (κ1) is 17.4. The van der Waals surface area contributed by atoms with Crippen LogP contribution < -0.4 is 0 Å². The predicted octanol–water partition coefficient (Wildman–Crippen LogP) is 0.784. The molecule has 7 nitrogen and oxygen atoms in total. The lowest BCUT2D eigenvalue weighted by molar-refractivity contribution is -0.172. The van der Waals surface area contributed by atoms with E-state index in [4.69, 9.17) is 18.9 Å². The molecule has 1 N–H and O–H groups in total. The zero-order valence-corrected chi connectivity index (χ0v) is 13.0. The average molecular weight is 324 g/mol. The van der Waals surface area contributed by atoms with E-state index in [9.17, 15) is 14.7 Å².